The third kappa shape index (κ3) is 16.5. The molecule has 0 saturated carbocycles. The van der Waals surface area contributed by atoms with Crippen LogP contribution in [0.5, 0.6) is 17.2 Å². The van der Waals surface area contributed by atoms with E-state index in [4.69, 9.17) is 14.2 Å². The predicted octanol–water partition coefficient (Wildman–Crippen LogP) is 7.89. The van der Waals surface area contributed by atoms with Crippen molar-refractivity contribution in [2.75, 3.05) is 19.8 Å². The maximum absolute atomic E-state index is 10.0. The summed E-state index contributed by atoms with van der Waals surface area (Å²) in [5.74, 6) is 4.95. The fraction of sp³-hybridized carbons (Fsp3) is 0.818. The second-order valence-corrected chi connectivity index (χ2v) is 13.4. The average Bonchev–Trinajstić information content (AvgIpc) is 2.84. The highest BCUT2D eigenvalue weighted by molar-refractivity contribution is 6.58. The highest BCUT2D eigenvalue weighted by Crippen LogP contribution is 2.38. The summed E-state index contributed by atoms with van der Waals surface area (Å²) >= 11 is 0. The lowest BCUT2D eigenvalue weighted by Gasteiger charge is -2.22. The number of hydrogen-bond acceptors (Lipinski definition) is 5. The SMILES string of the molecule is CC(C)CCC[C@H](C)COc1cc(B(O)O)cc(OC[C@@H](C)CCCC(C)C)c1OC[C@@H](C)CCCC(C)C. The van der Waals surface area contributed by atoms with Gasteiger partial charge >= 0.3 is 7.12 Å². The number of hydrogen-bond donors (Lipinski definition) is 2. The van der Waals surface area contributed by atoms with Crippen LogP contribution < -0.4 is 19.7 Å². The van der Waals surface area contributed by atoms with Crippen LogP contribution in [0.25, 0.3) is 0 Å². The summed E-state index contributed by atoms with van der Waals surface area (Å²) < 4.78 is 19.0. The van der Waals surface area contributed by atoms with E-state index in [1.54, 1.807) is 12.1 Å². The first-order chi connectivity index (χ1) is 18.4. The Kier molecular flexibility index (Phi) is 17.9. The molecule has 0 fully saturated rings. The molecule has 0 unspecified atom stereocenters. The Labute approximate surface area is 241 Å². The highest BCUT2D eigenvalue weighted by atomic mass is 16.5. The summed E-state index contributed by atoms with van der Waals surface area (Å²) in [5, 5.41) is 20.0. The molecule has 0 bridgehead atoms. The smallest absolute Gasteiger partial charge is 0.488 e. The molecule has 0 aliphatic rings. The molecule has 0 spiro atoms. The van der Waals surface area contributed by atoms with Crippen molar-refractivity contribution in [1.29, 1.82) is 0 Å². The van der Waals surface area contributed by atoms with E-state index in [0.29, 0.717) is 78.0 Å². The van der Waals surface area contributed by atoms with E-state index in [-0.39, 0.29) is 0 Å². The molecule has 0 aromatic heterocycles. The predicted molar refractivity (Wildman–Crippen MR) is 166 cm³/mol. The number of benzene rings is 1. The lowest BCUT2D eigenvalue weighted by molar-refractivity contribution is 0.191. The molecule has 0 saturated heterocycles. The van der Waals surface area contributed by atoms with Crippen LogP contribution in [0.15, 0.2) is 12.1 Å². The van der Waals surface area contributed by atoms with Crippen molar-refractivity contribution in [3.8, 4) is 17.2 Å². The van der Waals surface area contributed by atoms with Crippen molar-refractivity contribution < 1.29 is 24.3 Å². The molecule has 0 amide bonds. The molecule has 0 radical (unpaired) electrons. The molecule has 2 N–H and O–H groups in total. The molecule has 1 rings (SSSR count). The van der Waals surface area contributed by atoms with E-state index < -0.39 is 7.12 Å². The molecule has 1 aromatic rings. The molecule has 6 heteroatoms. The van der Waals surface area contributed by atoms with Gasteiger partial charge in [0.25, 0.3) is 0 Å². The van der Waals surface area contributed by atoms with E-state index in [0.717, 1.165) is 19.3 Å². The van der Waals surface area contributed by atoms with Crippen LogP contribution in [0, 0.1) is 35.5 Å². The second kappa shape index (κ2) is 19.6. The Morgan fingerprint density at radius 3 is 1.18 bits per heavy atom. The summed E-state index contributed by atoms with van der Waals surface area (Å²) in [6.07, 6.45) is 10.5. The summed E-state index contributed by atoms with van der Waals surface area (Å²) in [6.45, 7) is 21.9. The topological polar surface area (TPSA) is 68.2 Å². The van der Waals surface area contributed by atoms with Crippen molar-refractivity contribution >= 4 is 12.6 Å². The van der Waals surface area contributed by atoms with Gasteiger partial charge in [0, 0.05) is 0 Å². The van der Waals surface area contributed by atoms with Gasteiger partial charge in [0.15, 0.2) is 11.5 Å². The van der Waals surface area contributed by atoms with Crippen molar-refractivity contribution in [2.24, 2.45) is 35.5 Å². The zero-order valence-corrected chi connectivity index (χ0v) is 26.8. The molecular weight excluding hydrogens is 487 g/mol. The fourth-order valence-electron chi connectivity index (χ4n) is 4.67. The first kappa shape index (κ1) is 35.6. The van der Waals surface area contributed by atoms with Crippen molar-refractivity contribution in [3.63, 3.8) is 0 Å². The lowest BCUT2D eigenvalue weighted by atomic mass is 9.80. The minimum absolute atomic E-state index is 0.359. The third-order valence-corrected chi connectivity index (χ3v) is 7.34. The maximum atomic E-state index is 10.0. The largest absolute Gasteiger partial charge is 0.489 e. The second-order valence-electron chi connectivity index (χ2n) is 13.4. The summed E-state index contributed by atoms with van der Waals surface area (Å²) in [5.41, 5.74) is 0.359. The molecule has 39 heavy (non-hydrogen) atoms. The first-order valence-electron chi connectivity index (χ1n) is 15.8. The minimum Gasteiger partial charge on any atom is -0.489 e. The van der Waals surface area contributed by atoms with E-state index >= 15 is 0 Å². The standard InChI is InChI=1S/C33H61BO5/c1-24(2)13-10-16-27(7)21-37-31-19-30(34(35)36)20-32(38-22-28(8)17-11-14-25(3)4)33(31)39-23-29(9)18-12-15-26(5)6/h19-20,24-29,35-36H,10-18,21-23H2,1-9H3/t27-,28-,29-/m0/s1. The molecule has 226 valence electrons. The third-order valence-electron chi connectivity index (χ3n) is 7.34. The van der Waals surface area contributed by atoms with Gasteiger partial charge in [0.1, 0.15) is 0 Å². The van der Waals surface area contributed by atoms with Gasteiger partial charge in [-0.05, 0) is 72.4 Å². The molecule has 0 aliphatic heterocycles. The molecule has 0 aliphatic carbocycles. The highest BCUT2D eigenvalue weighted by Gasteiger charge is 2.23. The van der Waals surface area contributed by atoms with Gasteiger partial charge in [-0.25, -0.2) is 0 Å². The van der Waals surface area contributed by atoms with E-state index in [2.05, 4.69) is 62.3 Å². The summed E-state index contributed by atoms with van der Waals surface area (Å²) in [4.78, 5) is 0. The van der Waals surface area contributed by atoms with Crippen molar-refractivity contribution in [2.45, 2.75) is 120 Å². The van der Waals surface area contributed by atoms with Crippen LogP contribution >= 0.6 is 0 Å². The lowest BCUT2D eigenvalue weighted by Crippen LogP contribution is -2.30. The monoisotopic (exact) mass is 548 g/mol. The fourth-order valence-corrected chi connectivity index (χ4v) is 4.67. The Hall–Kier alpha value is -1.40. The molecule has 5 nitrogen and oxygen atoms in total. The van der Waals surface area contributed by atoms with Crippen LogP contribution in [0.2, 0.25) is 0 Å². The molecule has 0 heterocycles. The maximum Gasteiger partial charge on any atom is 0.488 e. The van der Waals surface area contributed by atoms with Crippen molar-refractivity contribution in [3.05, 3.63) is 12.1 Å². The average molecular weight is 549 g/mol. The molecule has 1 aromatic carbocycles. The summed E-state index contributed by atoms with van der Waals surface area (Å²) in [7, 11) is -1.61. The van der Waals surface area contributed by atoms with Gasteiger partial charge in [-0.3, -0.25) is 0 Å². The summed E-state index contributed by atoms with van der Waals surface area (Å²) in [6, 6.07) is 3.40. The van der Waals surface area contributed by atoms with E-state index in [9.17, 15) is 10.0 Å². The molecular formula is C33H61BO5. The normalized spacial score (nSPS) is 14.1. The van der Waals surface area contributed by atoms with Crippen LogP contribution in [-0.4, -0.2) is 37.0 Å². The Balaban J connectivity index is 3.05. The van der Waals surface area contributed by atoms with E-state index in [1.165, 1.54) is 38.5 Å². The van der Waals surface area contributed by atoms with E-state index in [1.807, 2.05) is 0 Å². The quantitative estimate of drug-likeness (QED) is 0.144. The Morgan fingerprint density at radius 2 is 0.872 bits per heavy atom. The van der Waals surface area contributed by atoms with Gasteiger partial charge in [0.05, 0.1) is 19.8 Å². The Bertz CT molecular complexity index is 719. The van der Waals surface area contributed by atoms with Crippen LogP contribution in [-0.2, 0) is 0 Å². The minimum atomic E-state index is -1.61. The van der Waals surface area contributed by atoms with Gasteiger partial charge < -0.3 is 24.3 Å². The number of rotatable bonds is 22. The zero-order chi connectivity index (χ0) is 29.4. The zero-order valence-electron chi connectivity index (χ0n) is 26.8. The number of ether oxygens (including phenoxy) is 3. The van der Waals surface area contributed by atoms with Gasteiger partial charge in [-0.2, -0.15) is 0 Å². The van der Waals surface area contributed by atoms with Crippen LogP contribution in [0.3, 0.4) is 0 Å². The van der Waals surface area contributed by atoms with Gasteiger partial charge in [0.2, 0.25) is 5.75 Å². The van der Waals surface area contributed by atoms with Crippen LogP contribution in [0.4, 0.5) is 0 Å². The first-order valence-corrected chi connectivity index (χ1v) is 15.8. The Morgan fingerprint density at radius 1 is 0.538 bits per heavy atom. The van der Waals surface area contributed by atoms with Gasteiger partial charge in [-0.1, -0.05) is 101 Å². The molecule has 3 atom stereocenters. The van der Waals surface area contributed by atoms with Gasteiger partial charge in [-0.15, -0.1) is 0 Å². The van der Waals surface area contributed by atoms with Crippen molar-refractivity contribution in [1.82, 2.24) is 0 Å². The van der Waals surface area contributed by atoms with Crippen LogP contribution in [0.1, 0.15) is 120 Å².